The fourth-order valence-corrected chi connectivity index (χ4v) is 1.96. The smallest absolute Gasteiger partial charge is 0.273 e. The van der Waals surface area contributed by atoms with E-state index < -0.39 is 0 Å². The topological polar surface area (TPSA) is 58.4 Å². The van der Waals surface area contributed by atoms with E-state index in [0.29, 0.717) is 0 Å². The Morgan fingerprint density at radius 1 is 1.26 bits per heavy atom. The fourth-order valence-electron chi connectivity index (χ4n) is 1.96. The van der Waals surface area contributed by atoms with E-state index in [1.807, 2.05) is 20.0 Å². The van der Waals surface area contributed by atoms with Crippen LogP contribution >= 0.6 is 0 Å². The highest BCUT2D eigenvalue weighted by atomic mass is 16.6. The molecule has 0 saturated carbocycles. The first kappa shape index (κ1) is 15.3. The van der Waals surface area contributed by atoms with Crippen molar-refractivity contribution in [2.75, 3.05) is 30.4 Å². The molecule has 0 heterocycles. The molecule has 0 aromatic heterocycles. The van der Waals surface area contributed by atoms with Gasteiger partial charge in [-0.25, -0.2) is 0 Å². The van der Waals surface area contributed by atoms with Gasteiger partial charge in [0.15, 0.2) is 0 Å². The van der Waals surface area contributed by atoms with E-state index in [-0.39, 0.29) is 10.6 Å². The van der Waals surface area contributed by atoms with Crippen LogP contribution in [0.4, 0.5) is 17.1 Å². The molecule has 0 saturated heterocycles. The second-order valence-corrected chi connectivity index (χ2v) is 4.65. The summed E-state index contributed by atoms with van der Waals surface area (Å²) in [5, 5.41) is 14.1. The molecule has 1 N–H and O–H groups in total. The number of benzene rings is 1. The number of hydrogen-bond acceptors (Lipinski definition) is 4. The zero-order valence-corrected chi connectivity index (χ0v) is 12.0. The summed E-state index contributed by atoms with van der Waals surface area (Å²) in [4.78, 5) is 12.7. The number of nitrogens with zero attached hydrogens (tertiary/aromatic N) is 2. The van der Waals surface area contributed by atoms with Crippen LogP contribution in [0.1, 0.15) is 33.1 Å². The zero-order valence-electron chi connectivity index (χ0n) is 12.0. The molecule has 1 aromatic rings. The molecule has 0 atom stereocenters. The van der Waals surface area contributed by atoms with Crippen molar-refractivity contribution in [1.82, 2.24) is 0 Å². The van der Waals surface area contributed by atoms with Crippen LogP contribution in [0.5, 0.6) is 0 Å². The minimum Gasteiger partial charge on any atom is -0.385 e. The van der Waals surface area contributed by atoms with Crippen LogP contribution in [0.2, 0.25) is 0 Å². The highest BCUT2D eigenvalue weighted by Crippen LogP contribution is 2.26. The van der Waals surface area contributed by atoms with Crippen LogP contribution in [0, 0.1) is 10.1 Å². The zero-order chi connectivity index (χ0) is 14.3. The lowest BCUT2D eigenvalue weighted by molar-refractivity contribution is -0.384. The van der Waals surface area contributed by atoms with Crippen molar-refractivity contribution in [3.8, 4) is 0 Å². The van der Waals surface area contributed by atoms with Gasteiger partial charge in [-0.05, 0) is 19.4 Å². The number of unbranched alkanes of at least 4 members (excludes halogenated alkanes) is 2. The van der Waals surface area contributed by atoms with Crippen LogP contribution in [0.15, 0.2) is 18.2 Å². The van der Waals surface area contributed by atoms with Crippen molar-refractivity contribution >= 4 is 17.1 Å². The predicted molar refractivity (Wildman–Crippen MR) is 80.1 cm³/mol. The molecule has 0 unspecified atom stereocenters. The lowest BCUT2D eigenvalue weighted by Gasteiger charge is -2.20. The van der Waals surface area contributed by atoms with Crippen molar-refractivity contribution in [1.29, 1.82) is 0 Å². The van der Waals surface area contributed by atoms with Crippen LogP contribution in [0.3, 0.4) is 0 Å². The highest BCUT2D eigenvalue weighted by Gasteiger charge is 2.11. The van der Waals surface area contributed by atoms with Crippen LogP contribution in [0.25, 0.3) is 0 Å². The minimum absolute atomic E-state index is 0.135. The van der Waals surface area contributed by atoms with E-state index in [4.69, 9.17) is 0 Å². The van der Waals surface area contributed by atoms with Gasteiger partial charge < -0.3 is 10.2 Å². The second-order valence-electron chi connectivity index (χ2n) is 4.65. The molecule has 0 amide bonds. The molecular formula is C14H23N3O2. The van der Waals surface area contributed by atoms with Gasteiger partial charge in [0.05, 0.1) is 4.92 Å². The predicted octanol–water partition coefficient (Wildman–Crippen LogP) is 3.65. The van der Waals surface area contributed by atoms with Crippen molar-refractivity contribution in [2.45, 2.75) is 33.1 Å². The number of nitro groups is 1. The Hall–Kier alpha value is -1.78. The monoisotopic (exact) mass is 265 g/mol. The van der Waals surface area contributed by atoms with Crippen molar-refractivity contribution < 1.29 is 4.92 Å². The molecule has 0 aliphatic heterocycles. The largest absolute Gasteiger partial charge is 0.385 e. The molecule has 0 aliphatic carbocycles. The molecular weight excluding hydrogens is 242 g/mol. The lowest BCUT2D eigenvalue weighted by Crippen LogP contribution is -2.18. The van der Waals surface area contributed by atoms with Crippen LogP contribution in [-0.4, -0.2) is 25.1 Å². The first-order valence-electron chi connectivity index (χ1n) is 6.83. The summed E-state index contributed by atoms with van der Waals surface area (Å²) >= 11 is 0. The van der Waals surface area contributed by atoms with E-state index in [1.165, 1.54) is 12.8 Å². The number of hydrogen-bond donors (Lipinski definition) is 1. The third kappa shape index (κ3) is 4.77. The van der Waals surface area contributed by atoms with Gasteiger partial charge in [-0.15, -0.1) is 0 Å². The Morgan fingerprint density at radius 3 is 2.58 bits per heavy atom. The maximum absolute atomic E-state index is 11.0. The van der Waals surface area contributed by atoms with Gasteiger partial charge in [-0.1, -0.05) is 19.8 Å². The first-order valence-corrected chi connectivity index (χ1v) is 6.83. The molecule has 0 spiro atoms. The van der Waals surface area contributed by atoms with Gasteiger partial charge >= 0.3 is 0 Å². The Morgan fingerprint density at radius 2 is 2.00 bits per heavy atom. The molecule has 0 aliphatic rings. The maximum atomic E-state index is 11.0. The average Bonchev–Trinajstić information content (AvgIpc) is 2.39. The van der Waals surface area contributed by atoms with Gasteiger partial charge in [-0.3, -0.25) is 10.1 Å². The fraction of sp³-hybridized carbons (Fsp3) is 0.571. The molecule has 106 valence electrons. The van der Waals surface area contributed by atoms with Gasteiger partial charge in [0.1, 0.15) is 0 Å². The number of non-ortho nitro benzene ring substituents is 1. The average molecular weight is 265 g/mol. The number of nitro benzene ring substituents is 1. The van der Waals surface area contributed by atoms with Crippen LogP contribution < -0.4 is 10.2 Å². The van der Waals surface area contributed by atoms with Gasteiger partial charge in [0.25, 0.3) is 5.69 Å². The summed E-state index contributed by atoms with van der Waals surface area (Å²) in [6, 6.07) is 5.17. The van der Waals surface area contributed by atoms with Crippen molar-refractivity contribution in [3.05, 3.63) is 28.3 Å². The van der Waals surface area contributed by atoms with Gasteiger partial charge in [0, 0.05) is 43.6 Å². The van der Waals surface area contributed by atoms with E-state index in [9.17, 15) is 10.1 Å². The Bertz CT molecular complexity index is 421. The lowest BCUT2D eigenvalue weighted by atomic mass is 10.2. The summed E-state index contributed by atoms with van der Waals surface area (Å²) in [5.41, 5.74) is 1.83. The number of rotatable bonds is 8. The molecule has 1 rings (SSSR count). The van der Waals surface area contributed by atoms with Gasteiger partial charge in [-0.2, -0.15) is 0 Å². The summed E-state index contributed by atoms with van der Waals surface area (Å²) in [6.07, 6.45) is 3.46. The van der Waals surface area contributed by atoms with E-state index >= 15 is 0 Å². The number of nitrogens with one attached hydrogen (secondary N) is 1. The number of anilines is 2. The summed E-state index contributed by atoms with van der Waals surface area (Å²) in [6.45, 7) is 5.81. The second kappa shape index (κ2) is 7.61. The SMILES string of the molecule is CCCCCN(C)c1cc(NCC)cc([N+](=O)[O-])c1. The quantitative estimate of drug-likeness (QED) is 0.443. The third-order valence-corrected chi connectivity index (χ3v) is 3.03. The Labute approximate surface area is 114 Å². The summed E-state index contributed by atoms with van der Waals surface area (Å²) in [5.74, 6) is 0. The summed E-state index contributed by atoms with van der Waals surface area (Å²) in [7, 11) is 1.98. The molecule has 0 fully saturated rings. The first-order chi connectivity index (χ1) is 9.08. The van der Waals surface area contributed by atoms with Crippen molar-refractivity contribution in [2.24, 2.45) is 0 Å². The minimum atomic E-state index is -0.343. The third-order valence-electron chi connectivity index (χ3n) is 3.03. The molecule has 1 aromatic carbocycles. The Kier molecular flexibility index (Phi) is 6.12. The van der Waals surface area contributed by atoms with Crippen LogP contribution in [-0.2, 0) is 0 Å². The molecule has 0 radical (unpaired) electrons. The standard InChI is InChI=1S/C14H23N3O2/c1-4-6-7-8-16(3)13-9-12(15-5-2)10-14(11-13)17(18)19/h9-11,15H,4-8H2,1-3H3. The molecule has 5 heteroatoms. The molecule has 0 bridgehead atoms. The van der Waals surface area contributed by atoms with E-state index in [0.717, 1.165) is 30.9 Å². The van der Waals surface area contributed by atoms with Gasteiger partial charge in [0.2, 0.25) is 0 Å². The molecule has 19 heavy (non-hydrogen) atoms. The van der Waals surface area contributed by atoms with E-state index in [2.05, 4.69) is 17.1 Å². The van der Waals surface area contributed by atoms with Crippen molar-refractivity contribution in [3.63, 3.8) is 0 Å². The normalized spacial score (nSPS) is 10.3. The summed E-state index contributed by atoms with van der Waals surface area (Å²) < 4.78 is 0. The maximum Gasteiger partial charge on any atom is 0.273 e. The highest BCUT2D eigenvalue weighted by molar-refractivity contribution is 5.64. The van der Waals surface area contributed by atoms with E-state index in [1.54, 1.807) is 12.1 Å². The molecule has 5 nitrogen and oxygen atoms in total. The Balaban J connectivity index is 2.88.